The van der Waals surface area contributed by atoms with Gasteiger partial charge in [-0.3, -0.25) is 24.1 Å². The van der Waals surface area contributed by atoms with Crippen molar-refractivity contribution in [2.24, 2.45) is 17.8 Å². The normalized spacial score (nSPS) is 18.0. The van der Waals surface area contributed by atoms with E-state index >= 15 is 0 Å². The molecule has 574 valence electrons. The summed E-state index contributed by atoms with van der Waals surface area (Å²) in [7, 11) is 8.01. The second kappa shape index (κ2) is 41.2. The van der Waals surface area contributed by atoms with Gasteiger partial charge in [0.15, 0.2) is 0 Å². The van der Waals surface area contributed by atoms with Crippen LogP contribution >= 0.6 is 39.9 Å². The first kappa shape index (κ1) is 81.8. The lowest BCUT2D eigenvalue weighted by Gasteiger charge is -2.29. The van der Waals surface area contributed by atoms with E-state index in [1.54, 1.807) is 41.3 Å². The third-order valence-corrected chi connectivity index (χ3v) is 19.5. The number of rotatable bonds is 15. The maximum atomic E-state index is 13.3. The summed E-state index contributed by atoms with van der Waals surface area (Å²) in [6, 6.07) is 40.0. The predicted molar refractivity (Wildman–Crippen MR) is 432 cm³/mol. The zero-order chi connectivity index (χ0) is 75.7. The van der Waals surface area contributed by atoms with Crippen LogP contribution in [0.25, 0.3) is 32.7 Å². The van der Waals surface area contributed by atoms with Crippen molar-refractivity contribution < 1.29 is 48.0 Å². The van der Waals surface area contributed by atoms with Gasteiger partial charge >= 0.3 is 5.97 Å². The molecule has 0 aliphatic carbocycles. The van der Waals surface area contributed by atoms with Crippen LogP contribution in [0.5, 0.6) is 17.2 Å². The first-order chi connectivity index (χ1) is 52.5. The van der Waals surface area contributed by atoms with Gasteiger partial charge in [-0.15, -0.1) is 12.4 Å². The molecule has 109 heavy (non-hydrogen) atoms. The number of likely N-dealkylation sites (tertiary alicyclic amines) is 2. The first-order valence-electron chi connectivity index (χ1n) is 36.8. The first-order valence-corrected chi connectivity index (χ1v) is 38.3. The summed E-state index contributed by atoms with van der Waals surface area (Å²) in [6.45, 7) is 10.4. The highest BCUT2D eigenvalue weighted by atomic mass is 79.9. The number of alkyl halides is 1. The molecule has 1 unspecified atom stereocenters. The Bertz CT molecular complexity index is 4620. The van der Waals surface area contributed by atoms with Crippen LogP contribution in [-0.4, -0.2) is 215 Å². The zero-order valence-electron chi connectivity index (χ0n) is 61.9. The SMILES string of the molecule is CN(C)C/C=C/C(=O)N1CCOc2cc(C(=O)N3CC[C@@H](Cc4ncc5ccccc5n4)C3)ccc21.CN(C)C1CCCO1.Cl.O=C(Cl)/C=C/CBr.O=C(O)c1ccc2c(c1)OCCN2.O=C(c1ccc2c(c1)OCCN2)N1CC[C@@H](Cc2ncc3ccccc3n2)C1.c1ccc2nc(C[C@@H]3CCNC3)ncc2c1. The average Bonchev–Trinajstić information content (AvgIpc) is 1.58. The number of carboxylic acids is 1. The smallest absolute Gasteiger partial charge is 0.335 e. The quantitative estimate of drug-likeness (QED) is 0.0422. The van der Waals surface area contributed by atoms with Crippen LogP contribution < -0.4 is 35.1 Å². The number of halogens is 3. The van der Waals surface area contributed by atoms with Crippen LogP contribution in [0.4, 0.5) is 17.1 Å². The number of anilines is 3. The molecule has 7 aliphatic rings. The summed E-state index contributed by atoms with van der Waals surface area (Å²) in [5.74, 6) is 5.06. The standard InChI is InChI=1S/C28H31N5O3.C22H22N4O2.C13H15N3.C9H9NO3.C6H13NO.C4H4BrClO.ClH/c1-31(2)12-5-8-27(34)33-14-15-36-25-17-21(9-10-24(25)33)28(35)32-13-11-20(19-32)16-26-29-18-22-6-3-4-7-23(22)30-26;27-22(16-5-6-19-20(12-16)28-10-8-23-19)26-9-7-15(14-26)11-21-24-13-17-3-1-2-4-18(17)25-21;1-2-4-12-11(3-1)9-15-13(16-12)7-10-5-6-14-8-10;11-9(12)6-1-2-7-8(5-6)13-4-3-10-7;1-7(2)6-4-3-5-8-6;5-3-1-2-4(6)7;/h3-10,17-18,20H,11-16,19H2,1-2H3;1-6,12-13,15,23H,7-11,14H2;1-4,9-10,14H,5-8H2;1-2,5,10H,3-4H2,(H,11,12);6H,3-5H2,1-2H3;1-2H,3H2;1H/b8-5+;;;;;2-1+;/t20-;15-;10-;;;;/m000..../s1. The van der Waals surface area contributed by atoms with Gasteiger partial charge in [-0.25, -0.2) is 34.7 Å². The average molecular weight is 1590 g/mol. The lowest BCUT2D eigenvalue weighted by Crippen LogP contribution is -2.37. The molecule has 24 nitrogen and oxygen atoms in total. The lowest BCUT2D eigenvalue weighted by atomic mass is 10.0. The van der Waals surface area contributed by atoms with Gasteiger partial charge in [-0.1, -0.05) is 82.7 Å². The number of hydrogen-bond acceptors (Lipinski definition) is 20. The second-order valence-corrected chi connectivity index (χ2v) is 28.6. The van der Waals surface area contributed by atoms with E-state index in [1.165, 1.54) is 31.4 Å². The maximum Gasteiger partial charge on any atom is 0.335 e. The van der Waals surface area contributed by atoms with Gasteiger partial charge in [0.2, 0.25) is 5.24 Å². The molecule has 4 fully saturated rings. The van der Waals surface area contributed by atoms with E-state index in [1.807, 2.05) is 144 Å². The number of allylic oxidation sites excluding steroid dienone is 2. The Balaban J connectivity index is 0.000000152. The molecule has 4 atom stereocenters. The van der Waals surface area contributed by atoms with Gasteiger partial charge in [0.1, 0.15) is 60.8 Å². The molecule has 7 aliphatic heterocycles. The van der Waals surface area contributed by atoms with Crippen molar-refractivity contribution in [3.8, 4) is 17.2 Å². The molecule has 0 radical (unpaired) electrons. The molecule has 6 aromatic carbocycles. The van der Waals surface area contributed by atoms with Gasteiger partial charge in [-0.2, -0.15) is 0 Å². The van der Waals surface area contributed by atoms with Gasteiger partial charge in [0.25, 0.3) is 17.7 Å². The van der Waals surface area contributed by atoms with Gasteiger partial charge in [0.05, 0.1) is 45.7 Å². The lowest BCUT2D eigenvalue weighted by molar-refractivity contribution is -0.114. The van der Waals surface area contributed by atoms with E-state index in [2.05, 4.69) is 81.9 Å². The van der Waals surface area contributed by atoms with Crippen molar-refractivity contribution in [1.82, 2.24) is 54.8 Å². The van der Waals surface area contributed by atoms with Crippen LogP contribution in [0.2, 0.25) is 0 Å². The van der Waals surface area contributed by atoms with E-state index < -0.39 is 11.2 Å². The molecule has 9 aromatic rings. The fourth-order valence-corrected chi connectivity index (χ4v) is 13.7. The van der Waals surface area contributed by atoms with Crippen LogP contribution in [-0.2, 0) is 33.6 Å². The number of benzene rings is 6. The number of aromatic nitrogens is 6. The molecule has 3 aromatic heterocycles. The van der Waals surface area contributed by atoms with E-state index in [4.69, 9.17) is 40.6 Å². The topological polar surface area (TPSA) is 272 Å². The number of likely N-dealkylation sites (N-methyl/N-ethyl adjacent to an activating group) is 1. The van der Waals surface area contributed by atoms with Crippen molar-refractivity contribution in [2.75, 3.05) is 141 Å². The highest BCUT2D eigenvalue weighted by Gasteiger charge is 2.32. The molecular weight excluding hydrogens is 1490 g/mol. The number of carbonyl (C=O) groups is 5. The van der Waals surface area contributed by atoms with Crippen molar-refractivity contribution in [2.45, 2.75) is 57.6 Å². The summed E-state index contributed by atoms with van der Waals surface area (Å²) in [4.78, 5) is 96.4. The van der Waals surface area contributed by atoms with E-state index in [0.717, 1.165) is 145 Å². The molecule has 4 saturated heterocycles. The highest BCUT2D eigenvalue weighted by Crippen LogP contribution is 2.35. The largest absolute Gasteiger partial charge is 0.490 e. The number of para-hydroxylation sites is 3. The number of aromatic carboxylic acids is 1. The number of amides is 3. The number of nitrogens with one attached hydrogen (secondary N) is 3. The minimum absolute atomic E-state index is 0. The Kier molecular flexibility index (Phi) is 30.9. The fraction of sp³-hybridized carbons (Fsp3) is 0.378. The van der Waals surface area contributed by atoms with E-state index in [-0.39, 0.29) is 35.7 Å². The minimum Gasteiger partial charge on any atom is -0.490 e. The van der Waals surface area contributed by atoms with Crippen molar-refractivity contribution >= 4 is 119 Å². The summed E-state index contributed by atoms with van der Waals surface area (Å²) in [6.07, 6.45) is 20.6. The Morgan fingerprint density at radius 3 is 1.52 bits per heavy atom. The summed E-state index contributed by atoms with van der Waals surface area (Å²) in [5.41, 5.74) is 7.00. The zero-order valence-corrected chi connectivity index (χ0v) is 65.1. The monoisotopic (exact) mass is 1580 g/mol. The third kappa shape index (κ3) is 23.9. The van der Waals surface area contributed by atoms with Crippen LogP contribution in [0.1, 0.15) is 80.7 Å². The molecule has 10 heterocycles. The number of carbonyl (C=O) groups excluding carboxylic acids is 4. The number of nitrogens with zero attached hydrogens (tertiary/aromatic N) is 11. The van der Waals surface area contributed by atoms with E-state index in [9.17, 15) is 24.0 Å². The summed E-state index contributed by atoms with van der Waals surface area (Å²) < 4.78 is 22.1. The molecule has 0 bridgehead atoms. The van der Waals surface area contributed by atoms with Crippen molar-refractivity contribution in [3.63, 3.8) is 0 Å². The summed E-state index contributed by atoms with van der Waals surface area (Å²) >= 11 is 7.99. The summed E-state index contributed by atoms with van der Waals surface area (Å²) in [5, 5.41) is 21.9. The number of fused-ring (bicyclic) bond motifs is 6. The van der Waals surface area contributed by atoms with E-state index in [0.29, 0.717) is 104 Å². The maximum absolute atomic E-state index is 13.3. The van der Waals surface area contributed by atoms with Gasteiger partial charge < -0.3 is 59.6 Å². The Labute approximate surface area is 655 Å². The second-order valence-electron chi connectivity index (χ2n) is 27.6. The molecule has 16 rings (SSSR count). The molecule has 0 saturated carbocycles. The fourth-order valence-electron chi connectivity index (χ4n) is 13.4. The molecule has 27 heteroatoms. The molecule has 3 amide bonds. The predicted octanol–water partition coefficient (Wildman–Crippen LogP) is 12.1. The molecule has 0 spiro atoms. The van der Waals surface area contributed by atoms with Crippen LogP contribution in [0.3, 0.4) is 0 Å². The Morgan fingerprint density at radius 2 is 1.06 bits per heavy atom. The Hall–Kier alpha value is -9.73. The van der Waals surface area contributed by atoms with Gasteiger partial charge in [-0.05, 0) is 182 Å². The third-order valence-electron chi connectivity index (χ3n) is 19.0. The van der Waals surface area contributed by atoms with Crippen LogP contribution in [0, 0.1) is 17.8 Å². The van der Waals surface area contributed by atoms with Crippen molar-refractivity contribution in [3.05, 3.63) is 204 Å². The highest BCUT2D eigenvalue weighted by molar-refractivity contribution is 9.09. The van der Waals surface area contributed by atoms with Gasteiger partial charge in [0, 0.05) is 129 Å². The number of hydrogen-bond donors (Lipinski definition) is 4. The number of carboxylic acid groups (broad SMARTS) is 1. The number of ether oxygens (including phenoxy) is 4. The molecule has 4 N–H and O–H groups in total. The molecular formula is C82H95BrCl2N14O10. The van der Waals surface area contributed by atoms with Crippen LogP contribution in [0.15, 0.2) is 170 Å². The Morgan fingerprint density at radius 1 is 0.569 bits per heavy atom. The minimum atomic E-state index is -0.933. The van der Waals surface area contributed by atoms with Crippen molar-refractivity contribution in [1.29, 1.82) is 0 Å².